The standard InChI is InChI=1S/C19H16Cl3NO3.ClH/c1-9-13(17(24)10-4-6-11(20)7-5-10)14-12(8-23(2)3)18(25)15(21)16(22)19(14)26-9;/h4-7,25H,8H2,1-3H3;1H. The number of aryl methyl sites for hydroxylation is 1. The number of rotatable bonds is 4. The molecule has 1 aromatic heterocycles. The molecular weight excluding hydrogens is 432 g/mol. The minimum atomic E-state index is -0.240. The molecule has 0 unspecified atom stereocenters. The zero-order valence-electron chi connectivity index (χ0n) is 14.8. The van der Waals surface area contributed by atoms with Crippen molar-refractivity contribution in [3.63, 3.8) is 0 Å². The summed E-state index contributed by atoms with van der Waals surface area (Å²) in [6.07, 6.45) is 0. The van der Waals surface area contributed by atoms with Crippen molar-refractivity contribution in [3.05, 3.63) is 61.8 Å². The van der Waals surface area contributed by atoms with E-state index in [9.17, 15) is 9.90 Å². The lowest BCUT2D eigenvalue weighted by atomic mass is 9.96. The summed E-state index contributed by atoms with van der Waals surface area (Å²) in [5, 5.41) is 11.6. The minimum Gasteiger partial charge on any atom is -0.506 e. The highest BCUT2D eigenvalue weighted by molar-refractivity contribution is 6.46. The second-order valence-electron chi connectivity index (χ2n) is 6.27. The molecule has 0 amide bonds. The molecule has 0 aliphatic heterocycles. The molecule has 0 radical (unpaired) electrons. The first-order chi connectivity index (χ1) is 12.2. The smallest absolute Gasteiger partial charge is 0.197 e. The number of ketones is 1. The largest absolute Gasteiger partial charge is 0.506 e. The Hall–Kier alpha value is -1.43. The van der Waals surface area contributed by atoms with Crippen molar-refractivity contribution in [1.29, 1.82) is 0 Å². The fraction of sp³-hybridized carbons (Fsp3) is 0.211. The Morgan fingerprint density at radius 2 is 1.70 bits per heavy atom. The lowest BCUT2D eigenvalue weighted by Gasteiger charge is -2.15. The van der Waals surface area contributed by atoms with E-state index in [1.807, 2.05) is 19.0 Å². The van der Waals surface area contributed by atoms with Crippen molar-refractivity contribution in [3.8, 4) is 5.75 Å². The Balaban J connectivity index is 0.00000261. The van der Waals surface area contributed by atoms with E-state index in [1.54, 1.807) is 31.2 Å². The number of furan rings is 1. The number of hydrogen-bond donors (Lipinski definition) is 1. The van der Waals surface area contributed by atoms with Gasteiger partial charge in [-0.3, -0.25) is 4.79 Å². The van der Waals surface area contributed by atoms with Crippen LogP contribution in [0.2, 0.25) is 15.1 Å². The van der Waals surface area contributed by atoms with E-state index in [2.05, 4.69) is 0 Å². The fourth-order valence-electron chi connectivity index (χ4n) is 2.93. The number of hydrogen-bond acceptors (Lipinski definition) is 4. The molecule has 0 aliphatic rings. The molecule has 144 valence electrons. The van der Waals surface area contributed by atoms with Crippen molar-refractivity contribution >= 4 is 64.0 Å². The summed E-state index contributed by atoms with van der Waals surface area (Å²) in [6.45, 7) is 2.04. The predicted molar refractivity (Wildman–Crippen MR) is 112 cm³/mol. The Labute approximate surface area is 178 Å². The SMILES string of the molecule is Cc1oc2c(Cl)c(Cl)c(O)c(CN(C)C)c2c1C(=O)c1ccc(Cl)cc1.Cl. The van der Waals surface area contributed by atoms with Crippen LogP contribution in [-0.2, 0) is 6.54 Å². The maximum atomic E-state index is 13.1. The van der Waals surface area contributed by atoms with Crippen LogP contribution in [0.1, 0.15) is 27.2 Å². The molecule has 3 aromatic rings. The number of nitrogens with zero attached hydrogens (tertiary/aromatic N) is 1. The van der Waals surface area contributed by atoms with E-state index in [1.165, 1.54) is 0 Å². The molecule has 1 heterocycles. The normalized spacial score (nSPS) is 11.1. The molecule has 8 heteroatoms. The van der Waals surface area contributed by atoms with Gasteiger partial charge in [0.2, 0.25) is 0 Å². The Kier molecular flexibility index (Phi) is 6.72. The molecule has 0 saturated carbocycles. The monoisotopic (exact) mass is 447 g/mol. The number of halogens is 4. The summed E-state index contributed by atoms with van der Waals surface area (Å²) in [5.41, 5.74) is 1.60. The summed E-state index contributed by atoms with van der Waals surface area (Å²) in [7, 11) is 3.70. The molecular formula is C19H17Cl4NO3. The molecule has 0 aliphatic carbocycles. The van der Waals surface area contributed by atoms with Gasteiger partial charge >= 0.3 is 0 Å². The molecule has 0 atom stereocenters. The van der Waals surface area contributed by atoms with Gasteiger partial charge in [-0.05, 0) is 45.3 Å². The lowest BCUT2D eigenvalue weighted by molar-refractivity contribution is 0.103. The van der Waals surface area contributed by atoms with Gasteiger partial charge in [0.1, 0.15) is 21.6 Å². The molecule has 4 nitrogen and oxygen atoms in total. The van der Waals surface area contributed by atoms with Crippen LogP contribution in [0.5, 0.6) is 5.75 Å². The van der Waals surface area contributed by atoms with Gasteiger partial charge in [-0.2, -0.15) is 0 Å². The second-order valence-corrected chi connectivity index (χ2v) is 7.46. The quantitative estimate of drug-likeness (QED) is 0.488. The molecule has 0 bridgehead atoms. The average molecular weight is 449 g/mol. The van der Waals surface area contributed by atoms with Crippen molar-refractivity contribution in [1.82, 2.24) is 4.90 Å². The molecule has 0 saturated heterocycles. The fourth-order valence-corrected chi connectivity index (χ4v) is 3.48. The number of carbonyl (C=O) groups is 1. The van der Waals surface area contributed by atoms with E-state index in [-0.39, 0.29) is 34.0 Å². The Morgan fingerprint density at radius 3 is 2.26 bits per heavy atom. The number of phenolic OH excluding ortho intramolecular Hbond substituents is 1. The third kappa shape index (κ3) is 3.91. The maximum Gasteiger partial charge on any atom is 0.197 e. The third-order valence-corrected chi connectivity index (χ3v) is 5.16. The van der Waals surface area contributed by atoms with Crippen LogP contribution in [0.3, 0.4) is 0 Å². The first-order valence-electron chi connectivity index (χ1n) is 7.79. The van der Waals surface area contributed by atoms with Crippen molar-refractivity contribution in [2.24, 2.45) is 0 Å². The highest BCUT2D eigenvalue weighted by Gasteiger charge is 2.28. The molecule has 3 rings (SSSR count). The van der Waals surface area contributed by atoms with E-state index in [4.69, 9.17) is 39.2 Å². The summed E-state index contributed by atoms with van der Waals surface area (Å²) < 4.78 is 5.76. The lowest BCUT2D eigenvalue weighted by Crippen LogP contribution is -2.12. The van der Waals surface area contributed by atoms with Crippen LogP contribution in [0, 0.1) is 6.92 Å². The maximum absolute atomic E-state index is 13.1. The van der Waals surface area contributed by atoms with Gasteiger partial charge in [-0.1, -0.05) is 34.8 Å². The number of aromatic hydroxyl groups is 1. The van der Waals surface area contributed by atoms with Crippen molar-refractivity contribution in [2.45, 2.75) is 13.5 Å². The molecule has 0 fully saturated rings. The molecule has 2 aromatic carbocycles. The van der Waals surface area contributed by atoms with Crippen LogP contribution in [0.4, 0.5) is 0 Å². The molecule has 0 spiro atoms. The summed E-state index contributed by atoms with van der Waals surface area (Å²) >= 11 is 18.3. The molecule has 27 heavy (non-hydrogen) atoms. The van der Waals surface area contributed by atoms with Crippen LogP contribution in [0.25, 0.3) is 11.0 Å². The molecule has 1 N–H and O–H groups in total. The van der Waals surface area contributed by atoms with E-state index in [0.29, 0.717) is 45.0 Å². The highest BCUT2D eigenvalue weighted by Crippen LogP contribution is 2.45. The van der Waals surface area contributed by atoms with Crippen molar-refractivity contribution in [2.75, 3.05) is 14.1 Å². The summed E-state index contributed by atoms with van der Waals surface area (Å²) in [5.74, 6) is 0.0167. The van der Waals surface area contributed by atoms with Crippen molar-refractivity contribution < 1.29 is 14.3 Å². The van der Waals surface area contributed by atoms with E-state index >= 15 is 0 Å². The summed E-state index contributed by atoms with van der Waals surface area (Å²) in [6, 6.07) is 6.58. The minimum absolute atomic E-state index is 0. The van der Waals surface area contributed by atoms with Gasteiger partial charge in [0.15, 0.2) is 11.4 Å². The third-order valence-electron chi connectivity index (χ3n) is 4.08. The Morgan fingerprint density at radius 1 is 1.11 bits per heavy atom. The van der Waals surface area contributed by atoms with Gasteiger partial charge in [-0.25, -0.2) is 0 Å². The van der Waals surface area contributed by atoms with Crippen LogP contribution < -0.4 is 0 Å². The van der Waals surface area contributed by atoms with Crippen LogP contribution in [0.15, 0.2) is 28.7 Å². The van der Waals surface area contributed by atoms with Crippen LogP contribution >= 0.6 is 47.2 Å². The second kappa shape index (κ2) is 8.29. The zero-order chi connectivity index (χ0) is 19.2. The first-order valence-corrected chi connectivity index (χ1v) is 8.92. The Bertz CT molecular complexity index is 1010. The van der Waals surface area contributed by atoms with Gasteiger partial charge in [0.25, 0.3) is 0 Å². The van der Waals surface area contributed by atoms with E-state index < -0.39 is 0 Å². The zero-order valence-corrected chi connectivity index (χ0v) is 17.9. The summed E-state index contributed by atoms with van der Waals surface area (Å²) in [4.78, 5) is 15.0. The predicted octanol–water partition coefficient (Wildman–Crippen LogP) is 6.12. The number of phenols is 1. The first kappa shape index (κ1) is 21.9. The average Bonchev–Trinajstić information content (AvgIpc) is 2.94. The highest BCUT2D eigenvalue weighted by atomic mass is 35.5. The number of benzene rings is 2. The van der Waals surface area contributed by atoms with Gasteiger partial charge in [0.05, 0.1) is 5.56 Å². The van der Waals surface area contributed by atoms with Gasteiger partial charge in [-0.15, -0.1) is 12.4 Å². The number of carbonyl (C=O) groups excluding carboxylic acids is 1. The topological polar surface area (TPSA) is 53.7 Å². The number of fused-ring (bicyclic) bond motifs is 1. The van der Waals surface area contributed by atoms with Crippen LogP contribution in [-0.4, -0.2) is 29.9 Å². The van der Waals surface area contributed by atoms with E-state index in [0.717, 1.165) is 0 Å². The van der Waals surface area contributed by atoms with Gasteiger partial charge in [0, 0.05) is 28.1 Å². The van der Waals surface area contributed by atoms with Gasteiger partial charge < -0.3 is 14.4 Å².